The highest BCUT2D eigenvalue weighted by Gasteiger charge is 2.12. The van der Waals surface area contributed by atoms with Crippen molar-refractivity contribution in [2.24, 2.45) is 0 Å². The van der Waals surface area contributed by atoms with Crippen molar-refractivity contribution in [3.8, 4) is 11.3 Å². The maximum Gasteiger partial charge on any atom is 0.0743 e. The van der Waals surface area contributed by atoms with E-state index in [9.17, 15) is 0 Å². The fraction of sp³-hybridized carbons (Fsp3) is 0.421. The molecule has 1 unspecified atom stereocenters. The smallest absolute Gasteiger partial charge is 0.0743 e. The van der Waals surface area contributed by atoms with E-state index in [2.05, 4.69) is 47.1 Å². The average molecular weight is 345 g/mol. The van der Waals surface area contributed by atoms with Gasteiger partial charge in [-0.1, -0.05) is 26.7 Å². The Morgan fingerprint density at radius 3 is 2.71 bits per heavy atom. The van der Waals surface area contributed by atoms with Gasteiger partial charge in [-0.05, 0) is 62.2 Å². The molecule has 0 radical (unpaired) electrons. The van der Waals surface area contributed by atoms with E-state index < -0.39 is 0 Å². The molecule has 24 heavy (non-hydrogen) atoms. The number of nitrogens with one attached hydrogen (secondary N) is 2. The Hall–Kier alpha value is -1.72. The second-order valence-corrected chi connectivity index (χ2v) is 6.96. The number of anilines is 2. The van der Waals surface area contributed by atoms with Gasteiger partial charge in [0.25, 0.3) is 0 Å². The third-order valence-corrected chi connectivity index (χ3v) is 4.72. The van der Waals surface area contributed by atoms with Crippen LogP contribution in [0.25, 0.3) is 11.3 Å². The number of aromatic nitrogens is 1. The number of hydrogen-bond acceptors (Lipinski definition) is 5. The third kappa shape index (κ3) is 5.14. The molecule has 1 heterocycles. The second-order valence-electron chi connectivity index (χ2n) is 5.88. The lowest BCUT2D eigenvalue weighted by molar-refractivity contribution is 0.593. The van der Waals surface area contributed by atoms with Gasteiger partial charge in [-0.2, -0.15) is 0 Å². The Balaban J connectivity index is 2.35. The summed E-state index contributed by atoms with van der Waals surface area (Å²) in [5, 5.41) is 3.71. The van der Waals surface area contributed by atoms with E-state index in [0.717, 1.165) is 33.9 Å². The summed E-state index contributed by atoms with van der Waals surface area (Å²) in [6.45, 7) is 4.47. The van der Waals surface area contributed by atoms with Crippen LogP contribution in [0, 0.1) is 0 Å². The van der Waals surface area contributed by atoms with Crippen molar-refractivity contribution in [2.75, 3.05) is 18.1 Å². The molecule has 0 aliphatic carbocycles. The van der Waals surface area contributed by atoms with Crippen LogP contribution in [-0.2, 0) is 0 Å². The van der Waals surface area contributed by atoms with Crippen molar-refractivity contribution >= 4 is 23.3 Å². The number of unbranched alkanes of at least 4 members (excludes halogenated alkanes) is 1. The van der Waals surface area contributed by atoms with Crippen molar-refractivity contribution in [3.05, 3.63) is 36.5 Å². The van der Waals surface area contributed by atoms with Gasteiger partial charge in [-0.3, -0.25) is 9.71 Å². The molecule has 2 rings (SSSR count). The highest BCUT2D eigenvalue weighted by Crippen LogP contribution is 2.32. The molecule has 0 aliphatic rings. The molecule has 5 heteroatoms. The first kappa shape index (κ1) is 18.6. The van der Waals surface area contributed by atoms with Crippen LogP contribution in [0.2, 0.25) is 0 Å². The van der Waals surface area contributed by atoms with Crippen molar-refractivity contribution in [3.63, 3.8) is 0 Å². The summed E-state index contributed by atoms with van der Waals surface area (Å²) in [6.07, 6.45) is 6.52. The van der Waals surface area contributed by atoms with E-state index in [1.54, 1.807) is 18.1 Å². The minimum atomic E-state index is 0.479. The number of hydrogen-bond donors (Lipinski definition) is 3. The lowest BCUT2D eigenvalue weighted by Crippen LogP contribution is -2.18. The van der Waals surface area contributed by atoms with Crippen molar-refractivity contribution in [2.45, 2.75) is 50.5 Å². The van der Waals surface area contributed by atoms with Crippen LogP contribution in [0.1, 0.15) is 39.5 Å². The van der Waals surface area contributed by atoms with E-state index in [4.69, 9.17) is 5.73 Å². The molecule has 2 aromatic rings. The molecule has 1 aromatic carbocycles. The predicted octanol–water partition coefficient (Wildman–Crippen LogP) is 4.94. The third-order valence-electron chi connectivity index (χ3n) is 4.03. The van der Waals surface area contributed by atoms with Gasteiger partial charge in [0, 0.05) is 34.1 Å². The van der Waals surface area contributed by atoms with Gasteiger partial charge in [0.1, 0.15) is 0 Å². The van der Waals surface area contributed by atoms with Crippen LogP contribution >= 0.6 is 11.9 Å². The number of nitrogen functional groups attached to an aromatic ring is 1. The van der Waals surface area contributed by atoms with Gasteiger partial charge in [0.15, 0.2) is 0 Å². The van der Waals surface area contributed by atoms with Gasteiger partial charge < -0.3 is 11.1 Å². The Bertz CT molecular complexity index is 645. The molecule has 0 saturated carbocycles. The van der Waals surface area contributed by atoms with Crippen LogP contribution in [0.4, 0.5) is 11.4 Å². The van der Waals surface area contributed by atoms with Crippen LogP contribution in [0.15, 0.2) is 41.4 Å². The first-order chi connectivity index (χ1) is 11.7. The van der Waals surface area contributed by atoms with Gasteiger partial charge in [-0.15, -0.1) is 0 Å². The number of pyridine rings is 1. The Kier molecular flexibility index (Phi) is 7.40. The zero-order valence-electron chi connectivity index (χ0n) is 14.8. The molecule has 0 amide bonds. The quantitative estimate of drug-likeness (QED) is 0.563. The number of rotatable bonds is 9. The number of nitrogens with zero attached hydrogens (tertiary/aromatic N) is 1. The molecule has 0 bridgehead atoms. The summed E-state index contributed by atoms with van der Waals surface area (Å²) in [5.74, 6) is 0. The SMILES string of the molecule is CCCCC(CC)Nc1ccc(SNC)cc1-c1cc(N)ccn1. The molecule has 0 saturated heterocycles. The fourth-order valence-corrected chi connectivity index (χ4v) is 3.23. The normalized spacial score (nSPS) is 12.1. The summed E-state index contributed by atoms with van der Waals surface area (Å²) in [5.41, 5.74) is 9.81. The number of nitrogens with two attached hydrogens (primary N) is 1. The van der Waals surface area contributed by atoms with Crippen LogP contribution in [0.5, 0.6) is 0 Å². The molecule has 4 nitrogen and oxygen atoms in total. The molecule has 0 spiro atoms. The Morgan fingerprint density at radius 2 is 2.04 bits per heavy atom. The summed E-state index contributed by atoms with van der Waals surface area (Å²) < 4.78 is 3.12. The van der Waals surface area contributed by atoms with E-state index in [1.807, 2.05) is 19.2 Å². The van der Waals surface area contributed by atoms with Crippen molar-refractivity contribution < 1.29 is 0 Å². The highest BCUT2D eigenvalue weighted by molar-refractivity contribution is 7.97. The first-order valence-corrected chi connectivity index (χ1v) is 9.45. The monoisotopic (exact) mass is 344 g/mol. The largest absolute Gasteiger partial charge is 0.399 e. The molecule has 0 fully saturated rings. The standard InChI is InChI=1S/C19H28N4S/c1-4-6-7-15(5-2)23-18-9-8-16(24-21-3)13-17(18)19-12-14(20)10-11-22-19/h8-13,15,21,23H,4-7H2,1-3H3,(H2,20,22). The first-order valence-electron chi connectivity index (χ1n) is 8.64. The summed E-state index contributed by atoms with van der Waals surface area (Å²) in [4.78, 5) is 5.67. The number of benzene rings is 1. The molecule has 1 aromatic heterocycles. The lowest BCUT2D eigenvalue weighted by Gasteiger charge is -2.21. The van der Waals surface area contributed by atoms with Gasteiger partial charge in [-0.25, -0.2) is 0 Å². The van der Waals surface area contributed by atoms with Crippen LogP contribution in [-0.4, -0.2) is 18.1 Å². The zero-order valence-corrected chi connectivity index (χ0v) is 15.6. The second kappa shape index (κ2) is 9.55. The van der Waals surface area contributed by atoms with Crippen LogP contribution < -0.4 is 15.8 Å². The van der Waals surface area contributed by atoms with E-state index in [1.165, 1.54) is 19.3 Å². The predicted molar refractivity (Wildman–Crippen MR) is 106 cm³/mol. The minimum absolute atomic E-state index is 0.479. The van der Waals surface area contributed by atoms with E-state index in [0.29, 0.717) is 6.04 Å². The molecular weight excluding hydrogens is 316 g/mol. The van der Waals surface area contributed by atoms with E-state index >= 15 is 0 Å². The molecule has 0 aliphatic heterocycles. The average Bonchev–Trinajstić information content (AvgIpc) is 2.59. The van der Waals surface area contributed by atoms with Gasteiger partial charge in [0.05, 0.1) is 5.69 Å². The minimum Gasteiger partial charge on any atom is -0.399 e. The van der Waals surface area contributed by atoms with Crippen molar-refractivity contribution in [1.82, 2.24) is 9.71 Å². The highest BCUT2D eigenvalue weighted by atomic mass is 32.2. The van der Waals surface area contributed by atoms with Crippen LogP contribution in [0.3, 0.4) is 0 Å². The molecule has 130 valence electrons. The molecule has 4 N–H and O–H groups in total. The maximum atomic E-state index is 5.96. The fourth-order valence-electron chi connectivity index (χ4n) is 2.69. The zero-order chi connectivity index (χ0) is 17.4. The topological polar surface area (TPSA) is 63.0 Å². The summed E-state index contributed by atoms with van der Waals surface area (Å²) in [6, 6.07) is 10.7. The van der Waals surface area contributed by atoms with Crippen molar-refractivity contribution in [1.29, 1.82) is 0 Å². The lowest BCUT2D eigenvalue weighted by atomic mass is 10.0. The Labute approximate surface area is 149 Å². The molecular formula is C19H28N4S. The Morgan fingerprint density at radius 1 is 1.21 bits per heavy atom. The van der Waals surface area contributed by atoms with E-state index in [-0.39, 0.29) is 0 Å². The summed E-state index contributed by atoms with van der Waals surface area (Å²) in [7, 11) is 1.92. The summed E-state index contributed by atoms with van der Waals surface area (Å²) >= 11 is 1.60. The van der Waals surface area contributed by atoms with Gasteiger partial charge in [0.2, 0.25) is 0 Å². The van der Waals surface area contributed by atoms with Gasteiger partial charge >= 0.3 is 0 Å². The maximum absolute atomic E-state index is 5.96. The molecule has 1 atom stereocenters.